The maximum Gasteiger partial charge on any atom is 0.192 e. The van der Waals surface area contributed by atoms with E-state index < -0.39 is 5.79 Å². The molecule has 1 N–H and O–H groups in total. The van der Waals surface area contributed by atoms with Gasteiger partial charge in [-0.1, -0.05) is 18.2 Å². The molecule has 13 heavy (non-hydrogen) atoms. The molecule has 70 valence electrons. The van der Waals surface area contributed by atoms with Crippen molar-refractivity contribution < 1.29 is 9.84 Å². The molecule has 0 fully saturated rings. The molecule has 0 bridgehead atoms. The summed E-state index contributed by atoms with van der Waals surface area (Å²) in [7, 11) is 0. The van der Waals surface area contributed by atoms with Crippen molar-refractivity contribution in [3.63, 3.8) is 0 Å². The number of aliphatic hydroxyl groups is 1. The summed E-state index contributed by atoms with van der Waals surface area (Å²) >= 11 is 0. The first-order valence-electron chi connectivity index (χ1n) is 4.32. The van der Waals surface area contributed by atoms with Crippen LogP contribution in [0.2, 0.25) is 0 Å². The molecule has 0 aromatic rings. The third-order valence-electron chi connectivity index (χ3n) is 2.01. The van der Waals surface area contributed by atoms with Gasteiger partial charge in [-0.2, -0.15) is 5.26 Å². The summed E-state index contributed by atoms with van der Waals surface area (Å²) in [6.07, 6.45) is 7.17. The molecule has 0 radical (unpaired) electrons. The van der Waals surface area contributed by atoms with Gasteiger partial charge in [-0.05, 0) is 13.0 Å². The van der Waals surface area contributed by atoms with E-state index in [2.05, 4.69) is 0 Å². The number of hydrogen-bond acceptors (Lipinski definition) is 3. The van der Waals surface area contributed by atoms with Crippen molar-refractivity contribution >= 4 is 0 Å². The molecule has 1 aliphatic carbocycles. The number of nitrogens with zero attached hydrogens (tertiary/aromatic N) is 1. The molecule has 0 aromatic heterocycles. The summed E-state index contributed by atoms with van der Waals surface area (Å²) in [5.74, 6) is -1.55. The predicted octanol–water partition coefficient (Wildman–Crippen LogP) is 1.37. The van der Waals surface area contributed by atoms with Gasteiger partial charge in [-0.3, -0.25) is 0 Å². The zero-order valence-electron chi connectivity index (χ0n) is 7.60. The maximum atomic E-state index is 9.95. The van der Waals surface area contributed by atoms with Crippen molar-refractivity contribution in [1.82, 2.24) is 0 Å². The second-order valence-electron chi connectivity index (χ2n) is 2.90. The highest BCUT2D eigenvalue weighted by Crippen LogP contribution is 2.28. The first-order chi connectivity index (χ1) is 6.23. The van der Waals surface area contributed by atoms with E-state index in [-0.39, 0.29) is 12.3 Å². The molecular formula is C10H13NO2. The van der Waals surface area contributed by atoms with Gasteiger partial charge in [0, 0.05) is 18.9 Å². The molecule has 0 heterocycles. The molecule has 0 aliphatic heterocycles. The quantitative estimate of drug-likeness (QED) is 0.666. The molecule has 1 rings (SSSR count). The van der Waals surface area contributed by atoms with Crippen molar-refractivity contribution in [2.24, 2.45) is 5.92 Å². The minimum absolute atomic E-state index is 0.261. The Balaban J connectivity index is 2.75. The lowest BCUT2D eigenvalue weighted by Gasteiger charge is -2.31. The monoisotopic (exact) mass is 179 g/mol. The molecule has 0 aromatic carbocycles. The summed E-state index contributed by atoms with van der Waals surface area (Å²) in [6.45, 7) is 2.24. The van der Waals surface area contributed by atoms with E-state index >= 15 is 0 Å². The predicted molar refractivity (Wildman–Crippen MR) is 48.6 cm³/mol. The fraction of sp³-hybridized carbons (Fsp3) is 0.500. The van der Waals surface area contributed by atoms with Gasteiger partial charge in [-0.25, -0.2) is 0 Å². The number of allylic oxidation sites excluding steroid dienone is 2. The van der Waals surface area contributed by atoms with Crippen LogP contribution in [0.4, 0.5) is 0 Å². The first kappa shape index (κ1) is 9.97. The van der Waals surface area contributed by atoms with Gasteiger partial charge in [0.2, 0.25) is 0 Å². The van der Waals surface area contributed by atoms with Crippen LogP contribution in [0.15, 0.2) is 24.3 Å². The summed E-state index contributed by atoms with van der Waals surface area (Å²) < 4.78 is 5.20. The van der Waals surface area contributed by atoms with Crippen molar-refractivity contribution in [3.05, 3.63) is 24.3 Å². The summed E-state index contributed by atoms with van der Waals surface area (Å²) in [5.41, 5.74) is 0. The van der Waals surface area contributed by atoms with Gasteiger partial charge in [0.15, 0.2) is 5.79 Å². The van der Waals surface area contributed by atoms with Gasteiger partial charge in [0.1, 0.15) is 0 Å². The lowest BCUT2D eigenvalue weighted by molar-refractivity contribution is -0.188. The van der Waals surface area contributed by atoms with Gasteiger partial charge in [-0.15, -0.1) is 0 Å². The molecule has 0 spiro atoms. The van der Waals surface area contributed by atoms with E-state index in [9.17, 15) is 5.11 Å². The Morgan fingerprint density at radius 3 is 3.00 bits per heavy atom. The summed E-state index contributed by atoms with van der Waals surface area (Å²) in [6, 6.07) is 2.03. The Morgan fingerprint density at radius 1 is 1.62 bits per heavy atom. The molecule has 3 nitrogen and oxygen atoms in total. The second-order valence-corrected chi connectivity index (χ2v) is 2.90. The van der Waals surface area contributed by atoms with Crippen molar-refractivity contribution in [1.29, 1.82) is 5.26 Å². The average Bonchev–Trinajstić information content (AvgIpc) is 2.10. The molecule has 1 aliphatic rings. The lowest BCUT2D eigenvalue weighted by Crippen LogP contribution is -2.39. The number of hydrogen-bond donors (Lipinski definition) is 1. The molecule has 3 heteroatoms. The lowest BCUT2D eigenvalue weighted by atomic mass is 9.91. The highest BCUT2D eigenvalue weighted by molar-refractivity contribution is 5.19. The third-order valence-corrected chi connectivity index (χ3v) is 2.01. The maximum absolute atomic E-state index is 9.95. The van der Waals surface area contributed by atoms with Crippen LogP contribution < -0.4 is 0 Å². The first-order valence-corrected chi connectivity index (χ1v) is 4.32. The molecular weight excluding hydrogens is 166 g/mol. The van der Waals surface area contributed by atoms with Crippen molar-refractivity contribution in [2.45, 2.75) is 19.1 Å². The van der Waals surface area contributed by atoms with Crippen LogP contribution in [-0.2, 0) is 4.74 Å². The smallest absolute Gasteiger partial charge is 0.192 e. The molecule has 0 saturated carbocycles. The Labute approximate surface area is 77.9 Å². The highest BCUT2D eigenvalue weighted by Gasteiger charge is 2.34. The number of ether oxygens (including phenoxy) is 1. The van der Waals surface area contributed by atoms with Crippen LogP contribution in [0.3, 0.4) is 0 Å². The average molecular weight is 179 g/mol. The standard InChI is InChI=1S/C10H13NO2/c1-2-13-10(12)7-4-3-5-9(10)6-8-11/h3-5,7,9,12H,2,6H2,1H3. The fourth-order valence-electron chi connectivity index (χ4n) is 1.35. The minimum Gasteiger partial charge on any atom is -0.362 e. The van der Waals surface area contributed by atoms with E-state index in [0.717, 1.165) is 0 Å². The minimum atomic E-state index is -1.29. The van der Waals surface area contributed by atoms with Gasteiger partial charge < -0.3 is 9.84 Å². The normalized spacial score (nSPS) is 31.6. The second kappa shape index (κ2) is 4.22. The molecule has 0 saturated heterocycles. The van der Waals surface area contributed by atoms with Crippen LogP contribution in [0.25, 0.3) is 0 Å². The SMILES string of the molecule is CCOC1(O)C=CC=CC1CC#N. The Kier molecular flexibility index (Phi) is 3.24. The van der Waals surface area contributed by atoms with Crippen LogP contribution >= 0.6 is 0 Å². The van der Waals surface area contributed by atoms with E-state index in [1.807, 2.05) is 19.1 Å². The molecule has 2 unspecified atom stereocenters. The Bertz CT molecular complexity index is 265. The van der Waals surface area contributed by atoms with E-state index in [4.69, 9.17) is 10.00 Å². The van der Waals surface area contributed by atoms with Crippen LogP contribution in [0.1, 0.15) is 13.3 Å². The number of rotatable bonds is 3. The van der Waals surface area contributed by atoms with E-state index in [1.54, 1.807) is 18.2 Å². The molecule has 0 amide bonds. The van der Waals surface area contributed by atoms with E-state index in [0.29, 0.717) is 6.61 Å². The van der Waals surface area contributed by atoms with Gasteiger partial charge >= 0.3 is 0 Å². The van der Waals surface area contributed by atoms with Crippen LogP contribution in [0.5, 0.6) is 0 Å². The zero-order chi connectivity index (χ0) is 9.73. The van der Waals surface area contributed by atoms with Crippen molar-refractivity contribution in [2.75, 3.05) is 6.61 Å². The Hall–Kier alpha value is -1.11. The topological polar surface area (TPSA) is 53.2 Å². The third kappa shape index (κ3) is 2.18. The summed E-state index contributed by atoms with van der Waals surface area (Å²) in [4.78, 5) is 0. The van der Waals surface area contributed by atoms with Crippen LogP contribution in [-0.4, -0.2) is 17.5 Å². The van der Waals surface area contributed by atoms with Gasteiger partial charge in [0.25, 0.3) is 0 Å². The van der Waals surface area contributed by atoms with Crippen LogP contribution in [0, 0.1) is 17.2 Å². The fourth-order valence-corrected chi connectivity index (χ4v) is 1.35. The van der Waals surface area contributed by atoms with Crippen molar-refractivity contribution in [3.8, 4) is 6.07 Å². The Morgan fingerprint density at radius 2 is 2.38 bits per heavy atom. The van der Waals surface area contributed by atoms with Gasteiger partial charge in [0.05, 0.1) is 6.07 Å². The number of nitriles is 1. The zero-order valence-corrected chi connectivity index (χ0v) is 7.60. The largest absolute Gasteiger partial charge is 0.362 e. The van der Waals surface area contributed by atoms with E-state index in [1.165, 1.54) is 0 Å². The molecule has 2 atom stereocenters. The highest BCUT2D eigenvalue weighted by atomic mass is 16.6. The summed E-state index contributed by atoms with van der Waals surface area (Å²) in [5, 5.41) is 18.5.